The molecule has 5 nitrogen and oxygen atoms in total. The van der Waals surface area contributed by atoms with Crippen LogP contribution in [0.2, 0.25) is 0 Å². The molecule has 1 aliphatic rings. The highest BCUT2D eigenvalue weighted by atomic mass is 35.5. The van der Waals surface area contributed by atoms with Gasteiger partial charge in [0.05, 0.1) is 6.10 Å². The van der Waals surface area contributed by atoms with Gasteiger partial charge in [0.25, 0.3) is 5.91 Å². The van der Waals surface area contributed by atoms with Crippen molar-refractivity contribution in [2.24, 2.45) is 5.73 Å². The van der Waals surface area contributed by atoms with Gasteiger partial charge in [0.2, 0.25) is 0 Å². The molecule has 1 amide bonds. The van der Waals surface area contributed by atoms with Crippen molar-refractivity contribution in [2.75, 3.05) is 13.2 Å². The fourth-order valence-corrected chi connectivity index (χ4v) is 2.97. The second kappa shape index (κ2) is 10.3. The number of benzene rings is 2. The molecule has 1 aliphatic heterocycles. The lowest BCUT2D eigenvalue weighted by atomic mass is 10.1. The number of nitrogens with two attached hydrogens (primary N) is 1. The molecule has 1 saturated heterocycles. The maximum atomic E-state index is 12.4. The zero-order chi connectivity index (χ0) is 18.4. The number of halogens is 1. The van der Waals surface area contributed by atoms with Gasteiger partial charge in [-0.15, -0.1) is 12.4 Å². The first-order valence-corrected chi connectivity index (χ1v) is 9.07. The molecule has 0 saturated carbocycles. The third kappa shape index (κ3) is 5.96. The lowest BCUT2D eigenvalue weighted by molar-refractivity contribution is 0.0675. The SMILES string of the molecule is Cc1ccc(CNC(=O)c2ccc(CN)cc2)c(OCC2CCCO2)c1.Cl. The predicted molar refractivity (Wildman–Crippen MR) is 108 cm³/mol. The van der Waals surface area contributed by atoms with E-state index in [-0.39, 0.29) is 24.4 Å². The molecule has 1 unspecified atom stereocenters. The van der Waals surface area contributed by atoms with E-state index >= 15 is 0 Å². The molecule has 0 spiro atoms. The van der Waals surface area contributed by atoms with Crippen LogP contribution in [0.3, 0.4) is 0 Å². The van der Waals surface area contributed by atoms with Crippen LogP contribution in [0.25, 0.3) is 0 Å². The summed E-state index contributed by atoms with van der Waals surface area (Å²) in [6.45, 7) is 4.27. The molecule has 0 aromatic heterocycles. The first-order valence-electron chi connectivity index (χ1n) is 9.07. The minimum atomic E-state index is -0.112. The Hall–Kier alpha value is -2.08. The molecule has 0 bridgehead atoms. The van der Waals surface area contributed by atoms with Crippen molar-refractivity contribution < 1.29 is 14.3 Å². The Labute approximate surface area is 166 Å². The largest absolute Gasteiger partial charge is 0.491 e. The van der Waals surface area contributed by atoms with Crippen molar-refractivity contribution in [3.05, 3.63) is 64.7 Å². The van der Waals surface area contributed by atoms with E-state index in [4.69, 9.17) is 15.2 Å². The van der Waals surface area contributed by atoms with E-state index in [0.717, 1.165) is 41.9 Å². The quantitative estimate of drug-likeness (QED) is 0.760. The highest BCUT2D eigenvalue weighted by Crippen LogP contribution is 2.22. The summed E-state index contributed by atoms with van der Waals surface area (Å²) in [4.78, 5) is 12.4. The number of carbonyl (C=O) groups excluding carboxylic acids is 1. The average Bonchev–Trinajstić information content (AvgIpc) is 3.19. The van der Waals surface area contributed by atoms with Crippen LogP contribution in [0.4, 0.5) is 0 Å². The number of nitrogens with one attached hydrogen (secondary N) is 1. The molecule has 27 heavy (non-hydrogen) atoms. The van der Waals surface area contributed by atoms with Crippen molar-refractivity contribution >= 4 is 18.3 Å². The van der Waals surface area contributed by atoms with Crippen LogP contribution in [-0.2, 0) is 17.8 Å². The van der Waals surface area contributed by atoms with E-state index in [1.165, 1.54) is 0 Å². The minimum absolute atomic E-state index is 0. The second-order valence-electron chi connectivity index (χ2n) is 6.64. The molecule has 6 heteroatoms. The number of ether oxygens (including phenoxy) is 2. The zero-order valence-electron chi connectivity index (χ0n) is 15.6. The van der Waals surface area contributed by atoms with Crippen LogP contribution in [0.1, 0.15) is 39.9 Å². The Morgan fingerprint density at radius 2 is 2.04 bits per heavy atom. The first kappa shape index (κ1) is 21.2. The van der Waals surface area contributed by atoms with E-state index in [0.29, 0.717) is 25.3 Å². The average molecular weight is 391 g/mol. The van der Waals surface area contributed by atoms with Gasteiger partial charge in [-0.25, -0.2) is 0 Å². The van der Waals surface area contributed by atoms with Crippen molar-refractivity contribution in [3.8, 4) is 5.75 Å². The normalized spacial score (nSPS) is 15.9. The van der Waals surface area contributed by atoms with Gasteiger partial charge in [-0.05, 0) is 49.1 Å². The van der Waals surface area contributed by atoms with Crippen LogP contribution < -0.4 is 15.8 Å². The van der Waals surface area contributed by atoms with Gasteiger partial charge in [-0.3, -0.25) is 4.79 Å². The van der Waals surface area contributed by atoms with Gasteiger partial charge in [-0.1, -0.05) is 24.3 Å². The summed E-state index contributed by atoms with van der Waals surface area (Å²) in [5.74, 6) is 0.693. The molecule has 1 heterocycles. The van der Waals surface area contributed by atoms with E-state index in [2.05, 4.69) is 5.32 Å². The molecule has 3 rings (SSSR count). The summed E-state index contributed by atoms with van der Waals surface area (Å²) in [5, 5.41) is 2.96. The lowest BCUT2D eigenvalue weighted by Gasteiger charge is -2.16. The summed E-state index contributed by atoms with van der Waals surface area (Å²) < 4.78 is 11.6. The van der Waals surface area contributed by atoms with Gasteiger partial charge in [0, 0.05) is 30.8 Å². The highest BCUT2D eigenvalue weighted by molar-refractivity contribution is 5.94. The monoisotopic (exact) mass is 390 g/mol. The lowest BCUT2D eigenvalue weighted by Crippen LogP contribution is -2.23. The molecular weight excluding hydrogens is 364 g/mol. The van der Waals surface area contributed by atoms with Crippen LogP contribution in [0, 0.1) is 6.92 Å². The molecule has 1 atom stereocenters. The van der Waals surface area contributed by atoms with E-state index in [1.54, 1.807) is 12.1 Å². The van der Waals surface area contributed by atoms with Gasteiger partial charge < -0.3 is 20.5 Å². The maximum Gasteiger partial charge on any atom is 0.251 e. The Kier molecular flexibility index (Phi) is 8.10. The molecule has 0 aliphatic carbocycles. The molecule has 2 aromatic rings. The van der Waals surface area contributed by atoms with Crippen molar-refractivity contribution in [1.29, 1.82) is 0 Å². The maximum absolute atomic E-state index is 12.4. The van der Waals surface area contributed by atoms with Crippen molar-refractivity contribution in [2.45, 2.75) is 39.0 Å². The van der Waals surface area contributed by atoms with Crippen LogP contribution in [0.5, 0.6) is 5.75 Å². The van der Waals surface area contributed by atoms with Crippen LogP contribution in [0.15, 0.2) is 42.5 Å². The summed E-state index contributed by atoms with van der Waals surface area (Å²) in [7, 11) is 0. The number of aryl methyl sites for hydroxylation is 1. The minimum Gasteiger partial charge on any atom is -0.491 e. The fraction of sp³-hybridized carbons (Fsp3) is 0.381. The summed E-state index contributed by atoms with van der Waals surface area (Å²) in [6, 6.07) is 13.4. The highest BCUT2D eigenvalue weighted by Gasteiger charge is 2.17. The Morgan fingerprint density at radius 3 is 2.70 bits per heavy atom. The second-order valence-corrected chi connectivity index (χ2v) is 6.64. The molecule has 0 radical (unpaired) electrons. The number of hydrogen-bond donors (Lipinski definition) is 2. The number of carbonyl (C=O) groups is 1. The third-order valence-corrected chi connectivity index (χ3v) is 4.56. The summed E-state index contributed by atoms with van der Waals surface area (Å²) >= 11 is 0. The van der Waals surface area contributed by atoms with Gasteiger partial charge in [0.15, 0.2) is 0 Å². The van der Waals surface area contributed by atoms with Crippen LogP contribution in [-0.4, -0.2) is 25.2 Å². The number of hydrogen-bond acceptors (Lipinski definition) is 4. The zero-order valence-corrected chi connectivity index (χ0v) is 16.4. The van der Waals surface area contributed by atoms with E-state index in [9.17, 15) is 4.79 Å². The van der Waals surface area contributed by atoms with Crippen LogP contribution >= 0.6 is 12.4 Å². The first-order chi connectivity index (χ1) is 12.7. The molecule has 2 aromatic carbocycles. The van der Waals surface area contributed by atoms with Gasteiger partial charge >= 0.3 is 0 Å². The smallest absolute Gasteiger partial charge is 0.251 e. The van der Waals surface area contributed by atoms with Gasteiger partial charge in [-0.2, -0.15) is 0 Å². The third-order valence-electron chi connectivity index (χ3n) is 4.56. The summed E-state index contributed by atoms with van der Waals surface area (Å²) in [6.07, 6.45) is 2.30. The summed E-state index contributed by atoms with van der Waals surface area (Å²) in [5.41, 5.74) is 9.30. The Morgan fingerprint density at radius 1 is 1.26 bits per heavy atom. The Balaban J connectivity index is 0.00000261. The predicted octanol–water partition coefficient (Wildman–Crippen LogP) is 3.36. The van der Waals surface area contributed by atoms with E-state index < -0.39 is 0 Å². The fourth-order valence-electron chi connectivity index (χ4n) is 2.97. The number of rotatable bonds is 7. The molecular formula is C21H27ClN2O3. The van der Waals surface area contributed by atoms with Gasteiger partial charge in [0.1, 0.15) is 12.4 Å². The molecule has 3 N–H and O–H groups in total. The van der Waals surface area contributed by atoms with Crippen molar-refractivity contribution in [1.82, 2.24) is 5.32 Å². The van der Waals surface area contributed by atoms with E-state index in [1.807, 2.05) is 37.3 Å². The molecule has 146 valence electrons. The standard InChI is InChI=1S/C21H26N2O3.ClH/c1-15-4-7-18(20(11-15)26-14-19-3-2-10-25-19)13-23-21(24)17-8-5-16(12-22)6-9-17;/h4-9,11,19H,2-3,10,12-14,22H2,1H3,(H,23,24);1H. The Bertz CT molecular complexity index is 744. The topological polar surface area (TPSA) is 73.6 Å². The van der Waals surface area contributed by atoms with Crippen molar-refractivity contribution in [3.63, 3.8) is 0 Å². The molecule has 1 fully saturated rings. The number of amides is 1.